The lowest BCUT2D eigenvalue weighted by molar-refractivity contribution is -0.408. The van der Waals surface area contributed by atoms with Crippen molar-refractivity contribution in [1.29, 1.82) is 0 Å². The minimum absolute atomic E-state index is 3.76. The van der Waals surface area contributed by atoms with E-state index in [-0.39, 0.29) is 0 Å². The third-order valence-corrected chi connectivity index (χ3v) is 2.09. The van der Waals surface area contributed by atoms with E-state index in [4.69, 9.17) is 5.11 Å². The van der Waals surface area contributed by atoms with E-state index in [1.165, 1.54) is 0 Å². The van der Waals surface area contributed by atoms with Crippen LogP contribution in [0.5, 0.6) is 0 Å². The fourth-order valence-electron chi connectivity index (χ4n) is 0.883. The van der Waals surface area contributed by atoms with Gasteiger partial charge < -0.3 is 5.11 Å². The smallest absolute Gasteiger partial charge is 0.460 e. The van der Waals surface area contributed by atoms with Gasteiger partial charge >= 0.3 is 35.8 Å². The summed E-state index contributed by atoms with van der Waals surface area (Å²) in [5.74, 6) is -32.7. The molecule has 0 saturated heterocycles. The molecule has 14 heteroatoms. The van der Waals surface area contributed by atoms with Crippen LogP contribution in [0.15, 0.2) is 0 Å². The Labute approximate surface area is 106 Å². The molecule has 0 aliphatic rings. The second-order valence-electron chi connectivity index (χ2n) is 3.56. The van der Waals surface area contributed by atoms with E-state index in [0.29, 0.717) is 0 Å². The largest absolute Gasteiger partial charge is 0.477 e. The molecule has 0 radical (unpaired) electrons. The average Bonchev–Trinajstić information content (AvgIpc) is 2.25. The fraction of sp³-hybridized carbons (Fsp3) is 0.857. The molecule has 0 aromatic heterocycles. The van der Waals surface area contributed by atoms with Gasteiger partial charge in [-0.25, -0.2) is 9.18 Å². The Hall–Kier alpha value is -1.37. The lowest BCUT2D eigenvalue weighted by Crippen LogP contribution is -2.67. The van der Waals surface area contributed by atoms with Crippen molar-refractivity contribution in [3.05, 3.63) is 0 Å². The number of alkyl halides is 12. The Morgan fingerprint density at radius 1 is 0.762 bits per heavy atom. The minimum Gasteiger partial charge on any atom is -0.477 e. The van der Waals surface area contributed by atoms with E-state index < -0.39 is 42.0 Å². The first kappa shape index (κ1) is 19.6. The van der Waals surface area contributed by atoms with Crippen molar-refractivity contribution in [3.63, 3.8) is 0 Å². The molecule has 0 amide bonds. The standard InChI is InChI=1S/C7H2F12O2/c8-1(3(9,10)2(20)21)4(11,12)5(13,14)6(15,16)7(17,18)19/h1H,(H,20,21). The van der Waals surface area contributed by atoms with Gasteiger partial charge in [-0.1, -0.05) is 0 Å². The molecule has 0 fully saturated rings. The summed E-state index contributed by atoms with van der Waals surface area (Å²) in [5.41, 5.74) is 0. The van der Waals surface area contributed by atoms with E-state index in [1.54, 1.807) is 0 Å². The highest BCUT2D eigenvalue weighted by Gasteiger charge is 2.85. The Kier molecular flexibility index (Phi) is 4.51. The number of aliphatic carboxylic acids is 1. The highest BCUT2D eigenvalue weighted by atomic mass is 19.4. The van der Waals surface area contributed by atoms with Gasteiger partial charge in [-0.3, -0.25) is 0 Å². The molecular weight excluding hydrogens is 344 g/mol. The van der Waals surface area contributed by atoms with Crippen LogP contribution < -0.4 is 0 Å². The second-order valence-corrected chi connectivity index (χ2v) is 3.56. The molecule has 1 N–H and O–H groups in total. The average molecular weight is 346 g/mol. The number of carboxylic acid groups (broad SMARTS) is 1. The lowest BCUT2D eigenvalue weighted by atomic mass is 9.96. The summed E-state index contributed by atoms with van der Waals surface area (Å²) in [6.07, 6.45) is -13.2. The third-order valence-electron chi connectivity index (χ3n) is 2.09. The predicted molar refractivity (Wildman–Crippen MR) is 38.4 cm³/mol. The second kappa shape index (κ2) is 4.83. The summed E-state index contributed by atoms with van der Waals surface area (Å²) in [5, 5.41) is 7.63. The first-order chi connectivity index (χ1) is 8.85. The zero-order chi connectivity index (χ0) is 17.7. The number of rotatable bonds is 5. The van der Waals surface area contributed by atoms with Gasteiger partial charge in [0.1, 0.15) is 0 Å². The normalized spacial score (nSPS) is 16.8. The molecule has 1 unspecified atom stereocenters. The van der Waals surface area contributed by atoms with Gasteiger partial charge in [0.25, 0.3) is 0 Å². The van der Waals surface area contributed by atoms with Crippen molar-refractivity contribution in [2.75, 3.05) is 0 Å². The number of hydrogen-bond acceptors (Lipinski definition) is 1. The van der Waals surface area contributed by atoms with Gasteiger partial charge in [-0.2, -0.15) is 48.3 Å². The summed E-state index contributed by atoms with van der Waals surface area (Å²) >= 11 is 0. The van der Waals surface area contributed by atoms with Gasteiger partial charge in [0.2, 0.25) is 6.17 Å². The van der Waals surface area contributed by atoms with Crippen molar-refractivity contribution < 1.29 is 62.6 Å². The van der Waals surface area contributed by atoms with Gasteiger partial charge in [0, 0.05) is 0 Å². The number of carbonyl (C=O) groups is 1. The van der Waals surface area contributed by atoms with Crippen molar-refractivity contribution in [3.8, 4) is 0 Å². The third kappa shape index (κ3) is 2.71. The van der Waals surface area contributed by atoms with Crippen molar-refractivity contribution in [1.82, 2.24) is 0 Å². The van der Waals surface area contributed by atoms with Crippen LogP contribution in [0.1, 0.15) is 0 Å². The molecule has 0 aliphatic carbocycles. The van der Waals surface area contributed by atoms with Crippen LogP contribution in [0.2, 0.25) is 0 Å². The molecule has 0 aromatic carbocycles. The summed E-state index contributed by atoms with van der Waals surface area (Å²) in [6, 6.07) is 0. The topological polar surface area (TPSA) is 37.3 Å². The molecule has 2 nitrogen and oxygen atoms in total. The Balaban J connectivity index is 5.96. The highest BCUT2D eigenvalue weighted by molar-refractivity contribution is 5.76. The zero-order valence-corrected chi connectivity index (χ0v) is 8.97. The monoisotopic (exact) mass is 346 g/mol. The number of carboxylic acids is 1. The molecule has 0 aromatic rings. The maximum atomic E-state index is 12.6. The SMILES string of the molecule is O=C(O)C(F)(F)C(F)C(F)(F)C(F)(F)C(F)(F)C(F)(F)F. The summed E-state index contributed by atoms with van der Waals surface area (Å²) < 4.78 is 147. The molecule has 1 atom stereocenters. The lowest BCUT2D eigenvalue weighted by Gasteiger charge is -2.36. The Morgan fingerprint density at radius 2 is 1.10 bits per heavy atom. The molecule has 126 valence electrons. The zero-order valence-electron chi connectivity index (χ0n) is 8.97. The summed E-state index contributed by atoms with van der Waals surface area (Å²) in [6.45, 7) is 0. The first-order valence-electron chi connectivity index (χ1n) is 4.30. The highest BCUT2D eigenvalue weighted by Crippen LogP contribution is 2.56. The maximum Gasteiger partial charge on any atom is 0.460 e. The van der Waals surface area contributed by atoms with Crippen molar-refractivity contribution in [2.45, 2.75) is 36.0 Å². The molecule has 21 heavy (non-hydrogen) atoms. The van der Waals surface area contributed by atoms with Crippen molar-refractivity contribution in [2.24, 2.45) is 0 Å². The first-order valence-corrected chi connectivity index (χ1v) is 4.30. The van der Waals surface area contributed by atoms with E-state index in [1.807, 2.05) is 0 Å². The molecule has 0 rings (SSSR count). The van der Waals surface area contributed by atoms with Gasteiger partial charge in [0.05, 0.1) is 0 Å². The number of halogens is 12. The minimum atomic E-state index is -7.67. The fourth-order valence-corrected chi connectivity index (χ4v) is 0.883. The van der Waals surface area contributed by atoms with Crippen LogP contribution >= 0.6 is 0 Å². The maximum absolute atomic E-state index is 12.6. The van der Waals surface area contributed by atoms with Crippen LogP contribution in [0, 0.1) is 0 Å². The van der Waals surface area contributed by atoms with Gasteiger partial charge in [0.15, 0.2) is 0 Å². The Bertz CT molecular complexity index is 410. The van der Waals surface area contributed by atoms with E-state index in [9.17, 15) is 57.5 Å². The molecule has 0 spiro atoms. The van der Waals surface area contributed by atoms with E-state index >= 15 is 0 Å². The summed E-state index contributed by atoms with van der Waals surface area (Å²) in [7, 11) is 0. The molecule has 0 heterocycles. The van der Waals surface area contributed by atoms with Gasteiger partial charge in [-0.05, 0) is 0 Å². The predicted octanol–water partition coefficient (Wildman–Crippen LogP) is 3.51. The summed E-state index contributed by atoms with van der Waals surface area (Å²) in [4.78, 5) is 9.70. The van der Waals surface area contributed by atoms with Crippen LogP contribution in [0.3, 0.4) is 0 Å². The quantitative estimate of drug-likeness (QED) is 0.774. The molecule has 0 bridgehead atoms. The molecule has 0 saturated carbocycles. The van der Waals surface area contributed by atoms with E-state index in [0.717, 1.165) is 0 Å². The van der Waals surface area contributed by atoms with Crippen LogP contribution in [-0.2, 0) is 4.79 Å². The van der Waals surface area contributed by atoms with Crippen LogP contribution in [-0.4, -0.2) is 47.1 Å². The van der Waals surface area contributed by atoms with Gasteiger partial charge in [-0.15, -0.1) is 0 Å². The molecular formula is C7H2F12O2. The van der Waals surface area contributed by atoms with Crippen molar-refractivity contribution >= 4 is 5.97 Å². The molecule has 0 aliphatic heterocycles. The Morgan fingerprint density at radius 3 is 1.33 bits per heavy atom. The van der Waals surface area contributed by atoms with E-state index in [2.05, 4.69) is 0 Å². The van der Waals surface area contributed by atoms with Crippen LogP contribution in [0.25, 0.3) is 0 Å². The van der Waals surface area contributed by atoms with Crippen LogP contribution in [0.4, 0.5) is 52.7 Å². The number of hydrogen-bond donors (Lipinski definition) is 1.